The average Bonchev–Trinajstić information content (AvgIpc) is 2.64. The molecule has 2 rings (SSSR count). The van der Waals surface area contributed by atoms with Crippen molar-refractivity contribution in [1.82, 2.24) is 9.38 Å². The van der Waals surface area contributed by atoms with E-state index in [1.807, 2.05) is 18.2 Å². The maximum Gasteiger partial charge on any atom is 0.315 e. The summed E-state index contributed by atoms with van der Waals surface area (Å²) in [6.07, 6.45) is 3.44. The normalized spacial score (nSPS) is 11.9. The minimum atomic E-state index is -0.916. The summed E-state index contributed by atoms with van der Waals surface area (Å²) >= 11 is 0. The Kier molecular flexibility index (Phi) is 2.00. The predicted octanol–water partition coefficient (Wildman–Crippen LogP) is 1.70. The van der Waals surface area contributed by atoms with Crippen LogP contribution in [0.5, 0.6) is 0 Å². The minimum Gasteiger partial charge on any atom is -0.481 e. The topological polar surface area (TPSA) is 54.6 Å². The van der Waals surface area contributed by atoms with Crippen LogP contribution >= 0.6 is 0 Å². The van der Waals surface area contributed by atoms with Crippen LogP contribution in [-0.2, 0) is 10.2 Å². The Morgan fingerprint density at radius 3 is 2.87 bits per heavy atom. The van der Waals surface area contributed by atoms with Crippen LogP contribution in [0, 0.1) is 0 Å². The van der Waals surface area contributed by atoms with Crippen LogP contribution < -0.4 is 0 Å². The molecule has 0 atom stereocenters. The van der Waals surface area contributed by atoms with E-state index < -0.39 is 11.4 Å². The highest BCUT2D eigenvalue weighted by molar-refractivity contribution is 5.79. The number of aromatic nitrogens is 2. The van der Waals surface area contributed by atoms with E-state index in [-0.39, 0.29) is 0 Å². The van der Waals surface area contributed by atoms with E-state index in [9.17, 15) is 4.79 Å². The Morgan fingerprint density at radius 2 is 2.20 bits per heavy atom. The third-order valence-electron chi connectivity index (χ3n) is 2.60. The lowest BCUT2D eigenvalue weighted by atomic mass is 9.89. The van der Waals surface area contributed by atoms with Gasteiger partial charge in [-0.05, 0) is 26.0 Å². The molecule has 15 heavy (non-hydrogen) atoms. The molecule has 0 radical (unpaired) electrons. The molecule has 4 heteroatoms. The van der Waals surface area contributed by atoms with Crippen molar-refractivity contribution in [2.45, 2.75) is 19.3 Å². The summed E-state index contributed by atoms with van der Waals surface area (Å²) in [5.41, 5.74) is 0.576. The van der Waals surface area contributed by atoms with E-state index in [2.05, 4.69) is 4.98 Å². The zero-order valence-electron chi connectivity index (χ0n) is 8.64. The van der Waals surface area contributed by atoms with E-state index in [1.54, 1.807) is 30.6 Å². The van der Waals surface area contributed by atoms with Crippen LogP contribution in [-0.4, -0.2) is 20.5 Å². The SMILES string of the molecule is CC(C)(C(=O)O)c1cccc2nccn12. The zero-order valence-corrected chi connectivity index (χ0v) is 8.64. The lowest BCUT2D eigenvalue weighted by Crippen LogP contribution is -2.30. The smallest absolute Gasteiger partial charge is 0.315 e. The number of carboxylic acids is 1. The standard InChI is InChI=1S/C11H12N2O2/c1-11(2,10(14)15)8-4-3-5-9-12-6-7-13(8)9/h3-7H,1-2H3,(H,14,15). The average molecular weight is 204 g/mol. The van der Waals surface area contributed by atoms with Crippen molar-refractivity contribution in [2.75, 3.05) is 0 Å². The van der Waals surface area contributed by atoms with Gasteiger partial charge in [0.15, 0.2) is 0 Å². The van der Waals surface area contributed by atoms with Gasteiger partial charge in [0.25, 0.3) is 0 Å². The Labute approximate surface area is 87.2 Å². The number of hydrogen-bond acceptors (Lipinski definition) is 2. The molecule has 0 aliphatic heterocycles. The Morgan fingerprint density at radius 1 is 1.47 bits per heavy atom. The molecular formula is C11H12N2O2. The van der Waals surface area contributed by atoms with Gasteiger partial charge in [-0.25, -0.2) is 4.98 Å². The van der Waals surface area contributed by atoms with Gasteiger partial charge in [0.2, 0.25) is 0 Å². The highest BCUT2D eigenvalue weighted by atomic mass is 16.4. The number of imidazole rings is 1. The number of nitrogens with zero attached hydrogens (tertiary/aromatic N) is 2. The molecule has 0 amide bonds. The molecule has 0 saturated heterocycles. The summed E-state index contributed by atoms with van der Waals surface area (Å²) in [6, 6.07) is 5.48. The molecule has 0 bridgehead atoms. The van der Waals surface area contributed by atoms with Crippen molar-refractivity contribution in [2.24, 2.45) is 0 Å². The van der Waals surface area contributed by atoms with Crippen molar-refractivity contribution in [3.05, 3.63) is 36.3 Å². The molecule has 0 aromatic carbocycles. The van der Waals surface area contributed by atoms with Gasteiger partial charge in [-0.3, -0.25) is 4.79 Å². The first-order valence-electron chi connectivity index (χ1n) is 4.69. The molecule has 78 valence electrons. The summed E-state index contributed by atoms with van der Waals surface area (Å²) < 4.78 is 1.80. The zero-order chi connectivity index (χ0) is 11.1. The summed E-state index contributed by atoms with van der Waals surface area (Å²) in [4.78, 5) is 15.3. The van der Waals surface area contributed by atoms with Gasteiger partial charge in [0.1, 0.15) is 11.1 Å². The summed E-state index contributed by atoms with van der Waals surface area (Å²) in [6.45, 7) is 3.37. The fraction of sp³-hybridized carbons (Fsp3) is 0.273. The van der Waals surface area contributed by atoms with Gasteiger partial charge in [-0.2, -0.15) is 0 Å². The van der Waals surface area contributed by atoms with Crippen molar-refractivity contribution in [3.63, 3.8) is 0 Å². The molecule has 4 nitrogen and oxygen atoms in total. The number of aliphatic carboxylic acids is 1. The van der Waals surface area contributed by atoms with E-state index in [1.165, 1.54) is 0 Å². The Balaban J connectivity index is 2.71. The van der Waals surface area contributed by atoms with Crippen LogP contribution in [0.1, 0.15) is 19.5 Å². The van der Waals surface area contributed by atoms with Gasteiger partial charge in [0.05, 0.1) is 0 Å². The second kappa shape index (κ2) is 3.08. The van der Waals surface area contributed by atoms with Gasteiger partial charge in [-0.1, -0.05) is 6.07 Å². The molecule has 1 N–H and O–H groups in total. The van der Waals surface area contributed by atoms with E-state index in [0.717, 1.165) is 11.3 Å². The number of hydrogen-bond donors (Lipinski definition) is 1. The van der Waals surface area contributed by atoms with Crippen LogP contribution in [0.25, 0.3) is 5.65 Å². The number of fused-ring (bicyclic) bond motifs is 1. The molecule has 2 heterocycles. The predicted molar refractivity (Wildman–Crippen MR) is 55.9 cm³/mol. The molecule has 0 aliphatic rings. The van der Waals surface area contributed by atoms with Crippen LogP contribution in [0.15, 0.2) is 30.6 Å². The lowest BCUT2D eigenvalue weighted by Gasteiger charge is -2.20. The van der Waals surface area contributed by atoms with Gasteiger partial charge in [0, 0.05) is 18.1 Å². The third-order valence-corrected chi connectivity index (χ3v) is 2.60. The summed E-state index contributed by atoms with van der Waals surface area (Å²) in [5.74, 6) is -0.844. The molecule has 2 aromatic heterocycles. The van der Waals surface area contributed by atoms with E-state index >= 15 is 0 Å². The fourth-order valence-corrected chi connectivity index (χ4v) is 1.57. The Hall–Kier alpha value is -1.84. The molecule has 2 aromatic rings. The van der Waals surface area contributed by atoms with E-state index in [4.69, 9.17) is 5.11 Å². The molecule has 0 unspecified atom stereocenters. The first-order valence-corrected chi connectivity index (χ1v) is 4.69. The second-order valence-corrected chi connectivity index (χ2v) is 4.00. The highest BCUT2D eigenvalue weighted by Gasteiger charge is 2.31. The van der Waals surface area contributed by atoms with Crippen LogP contribution in [0.2, 0.25) is 0 Å². The van der Waals surface area contributed by atoms with Gasteiger partial charge < -0.3 is 9.51 Å². The quantitative estimate of drug-likeness (QED) is 0.810. The second-order valence-electron chi connectivity index (χ2n) is 4.00. The first-order chi connectivity index (χ1) is 7.03. The largest absolute Gasteiger partial charge is 0.481 e. The molecule has 0 spiro atoms. The van der Waals surface area contributed by atoms with Crippen molar-refractivity contribution in [3.8, 4) is 0 Å². The lowest BCUT2D eigenvalue weighted by molar-refractivity contribution is -0.142. The van der Waals surface area contributed by atoms with Gasteiger partial charge in [-0.15, -0.1) is 0 Å². The minimum absolute atomic E-state index is 0.727. The molecule has 0 saturated carbocycles. The molecule has 0 aliphatic carbocycles. The van der Waals surface area contributed by atoms with Crippen LogP contribution in [0.4, 0.5) is 0 Å². The number of carboxylic acid groups (broad SMARTS) is 1. The summed E-state index contributed by atoms with van der Waals surface area (Å²) in [5, 5.41) is 9.16. The first kappa shape index (κ1) is 9.71. The monoisotopic (exact) mass is 204 g/mol. The number of pyridine rings is 1. The number of carbonyl (C=O) groups is 1. The van der Waals surface area contributed by atoms with Crippen molar-refractivity contribution < 1.29 is 9.90 Å². The summed E-state index contributed by atoms with van der Waals surface area (Å²) in [7, 11) is 0. The third kappa shape index (κ3) is 1.38. The Bertz CT molecular complexity index is 514. The number of rotatable bonds is 2. The maximum absolute atomic E-state index is 11.2. The molecule has 0 fully saturated rings. The van der Waals surface area contributed by atoms with Crippen molar-refractivity contribution in [1.29, 1.82) is 0 Å². The van der Waals surface area contributed by atoms with Gasteiger partial charge >= 0.3 is 5.97 Å². The van der Waals surface area contributed by atoms with Crippen LogP contribution in [0.3, 0.4) is 0 Å². The highest BCUT2D eigenvalue weighted by Crippen LogP contribution is 2.23. The maximum atomic E-state index is 11.2. The van der Waals surface area contributed by atoms with E-state index in [0.29, 0.717) is 0 Å². The van der Waals surface area contributed by atoms with Crippen molar-refractivity contribution >= 4 is 11.6 Å². The molecular weight excluding hydrogens is 192 g/mol. The fourth-order valence-electron chi connectivity index (χ4n) is 1.57.